The van der Waals surface area contributed by atoms with Crippen molar-refractivity contribution in [2.24, 2.45) is 0 Å². The molecule has 4 nitrogen and oxygen atoms in total. The van der Waals surface area contributed by atoms with Gasteiger partial charge in [0, 0.05) is 6.54 Å². The van der Waals surface area contributed by atoms with E-state index in [0.29, 0.717) is 6.61 Å². The van der Waals surface area contributed by atoms with Crippen molar-refractivity contribution in [3.8, 4) is 17.1 Å². The summed E-state index contributed by atoms with van der Waals surface area (Å²) in [6, 6.07) is 5.96. The monoisotopic (exact) mass is 279 g/mol. The van der Waals surface area contributed by atoms with Crippen molar-refractivity contribution in [2.75, 3.05) is 6.61 Å². The smallest absolute Gasteiger partial charge is 0.167 e. The van der Waals surface area contributed by atoms with Gasteiger partial charge in [0.1, 0.15) is 12.1 Å². The van der Waals surface area contributed by atoms with E-state index in [0.717, 1.165) is 34.6 Å². The van der Waals surface area contributed by atoms with Crippen LogP contribution in [-0.4, -0.2) is 21.4 Å². The SMILES string of the molecule is Brc1cccc2c1OCCCn1cnnc1-2. The minimum atomic E-state index is 0.716. The van der Waals surface area contributed by atoms with Crippen molar-refractivity contribution in [3.05, 3.63) is 29.0 Å². The lowest BCUT2D eigenvalue weighted by Gasteiger charge is -2.17. The molecule has 3 rings (SSSR count). The fourth-order valence-electron chi connectivity index (χ4n) is 1.87. The lowest BCUT2D eigenvalue weighted by Crippen LogP contribution is -2.10. The summed E-state index contributed by atoms with van der Waals surface area (Å²) < 4.78 is 8.78. The summed E-state index contributed by atoms with van der Waals surface area (Å²) in [4.78, 5) is 0. The van der Waals surface area contributed by atoms with Gasteiger partial charge in [-0.15, -0.1) is 10.2 Å². The Bertz CT molecular complexity index is 524. The van der Waals surface area contributed by atoms with E-state index in [9.17, 15) is 0 Å². The molecule has 2 aromatic rings. The summed E-state index contributed by atoms with van der Waals surface area (Å²) in [5.74, 6) is 1.73. The number of aryl methyl sites for hydroxylation is 1. The third-order valence-electron chi connectivity index (χ3n) is 2.61. The number of hydrogen-bond acceptors (Lipinski definition) is 3. The number of rotatable bonds is 0. The lowest BCUT2D eigenvalue weighted by molar-refractivity contribution is 0.297. The number of nitrogens with zero attached hydrogens (tertiary/aromatic N) is 3. The first kappa shape index (κ1) is 9.84. The molecule has 5 heteroatoms. The van der Waals surface area contributed by atoms with Gasteiger partial charge in [-0.1, -0.05) is 6.07 Å². The molecule has 16 heavy (non-hydrogen) atoms. The van der Waals surface area contributed by atoms with Crippen LogP contribution in [0.3, 0.4) is 0 Å². The molecule has 1 aromatic heterocycles. The van der Waals surface area contributed by atoms with Gasteiger partial charge >= 0.3 is 0 Å². The molecule has 0 N–H and O–H groups in total. The van der Waals surface area contributed by atoms with Crippen LogP contribution >= 0.6 is 15.9 Å². The van der Waals surface area contributed by atoms with E-state index in [1.807, 2.05) is 18.2 Å². The second-order valence-electron chi connectivity index (χ2n) is 3.67. The predicted molar refractivity (Wildman–Crippen MR) is 63.3 cm³/mol. The average Bonchev–Trinajstić information content (AvgIpc) is 2.70. The van der Waals surface area contributed by atoms with E-state index in [1.54, 1.807) is 6.33 Å². The van der Waals surface area contributed by atoms with Crippen LogP contribution in [0.25, 0.3) is 11.4 Å². The van der Waals surface area contributed by atoms with Gasteiger partial charge in [0.05, 0.1) is 16.6 Å². The maximum Gasteiger partial charge on any atom is 0.167 e. The van der Waals surface area contributed by atoms with Gasteiger partial charge in [0.2, 0.25) is 0 Å². The highest BCUT2D eigenvalue weighted by Crippen LogP contribution is 2.36. The van der Waals surface area contributed by atoms with Gasteiger partial charge < -0.3 is 9.30 Å². The first-order chi connectivity index (χ1) is 7.86. The molecule has 0 aliphatic carbocycles. The average molecular weight is 280 g/mol. The molecule has 1 aromatic carbocycles. The van der Waals surface area contributed by atoms with Crippen LogP contribution in [0, 0.1) is 0 Å². The minimum absolute atomic E-state index is 0.716. The number of para-hydroxylation sites is 1. The van der Waals surface area contributed by atoms with Gasteiger partial charge in [0.25, 0.3) is 0 Å². The molecule has 0 fully saturated rings. The Hall–Kier alpha value is -1.36. The maximum atomic E-state index is 5.76. The van der Waals surface area contributed by atoms with Crippen LogP contribution in [0.2, 0.25) is 0 Å². The molecule has 0 spiro atoms. The van der Waals surface area contributed by atoms with Crippen molar-refractivity contribution in [2.45, 2.75) is 13.0 Å². The summed E-state index contributed by atoms with van der Waals surface area (Å²) in [5, 5.41) is 8.11. The van der Waals surface area contributed by atoms with Crippen LogP contribution < -0.4 is 4.74 Å². The maximum absolute atomic E-state index is 5.76. The number of ether oxygens (including phenoxy) is 1. The van der Waals surface area contributed by atoms with Gasteiger partial charge in [-0.3, -0.25) is 0 Å². The van der Waals surface area contributed by atoms with Crippen molar-refractivity contribution >= 4 is 15.9 Å². The summed E-state index contributed by atoms with van der Waals surface area (Å²) in [6.07, 6.45) is 2.73. The number of fused-ring (bicyclic) bond motifs is 3. The first-order valence-corrected chi connectivity index (χ1v) is 5.95. The zero-order valence-electron chi connectivity index (χ0n) is 8.56. The van der Waals surface area contributed by atoms with Crippen LogP contribution in [0.15, 0.2) is 29.0 Å². The standard InChI is InChI=1S/C11H10BrN3O/c12-9-4-1-3-8-10(9)16-6-2-5-15-7-13-14-11(8)15/h1,3-4,7H,2,5-6H2. The van der Waals surface area contributed by atoms with Crippen LogP contribution in [0.4, 0.5) is 0 Å². The van der Waals surface area contributed by atoms with Crippen molar-refractivity contribution < 1.29 is 4.74 Å². The predicted octanol–water partition coefficient (Wildman–Crippen LogP) is 2.49. The zero-order valence-corrected chi connectivity index (χ0v) is 10.1. The van der Waals surface area contributed by atoms with E-state index in [1.165, 1.54) is 0 Å². The van der Waals surface area contributed by atoms with E-state index in [4.69, 9.17) is 4.74 Å². The Kier molecular flexibility index (Phi) is 2.40. The van der Waals surface area contributed by atoms with E-state index < -0.39 is 0 Å². The number of halogens is 1. The zero-order chi connectivity index (χ0) is 11.0. The van der Waals surface area contributed by atoms with Crippen molar-refractivity contribution in [3.63, 3.8) is 0 Å². The second-order valence-corrected chi connectivity index (χ2v) is 4.52. The molecule has 82 valence electrons. The molecule has 1 aliphatic rings. The summed E-state index contributed by atoms with van der Waals surface area (Å²) >= 11 is 3.50. The topological polar surface area (TPSA) is 39.9 Å². The molecule has 1 aliphatic heterocycles. The summed E-state index contributed by atoms with van der Waals surface area (Å²) in [6.45, 7) is 1.61. The Labute approximate surface area is 101 Å². The van der Waals surface area contributed by atoms with Crippen molar-refractivity contribution in [1.82, 2.24) is 14.8 Å². The molecule has 0 atom stereocenters. The molecule has 0 amide bonds. The van der Waals surface area contributed by atoms with Crippen molar-refractivity contribution in [1.29, 1.82) is 0 Å². The largest absolute Gasteiger partial charge is 0.492 e. The number of hydrogen-bond donors (Lipinski definition) is 0. The molecule has 0 unspecified atom stereocenters. The Morgan fingerprint density at radius 3 is 3.25 bits per heavy atom. The molecular formula is C11H10BrN3O. The third-order valence-corrected chi connectivity index (χ3v) is 3.24. The Morgan fingerprint density at radius 1 is 1.38 bits per heavy atom. The molecule has 0 saturated heterocycles. The van der Waals surface area contributed by atoms with E-state index in [2.05, 4.69) is 30.7 Å². The highest BCUT2D eigenvalue weighted by molar-refractivity contribution is 9.10. The Morgan fingerprint density at radius 2 is 2.31 bits per heavy atom. The van der Waals surface area contributed by atoms with Crippen LogP contribution in [0.1, 0.15) is 6.42 Å². The minimum Gasteiger partial charge on any atom is -0.492 e. The number of benzene rings is 1. The molecular weight excluding hydrogens is 270 g/mol. The summed E-state index contributed by atoms with van der Waals surface area (Å²) in [5.41, 5.74) is 0.992. The van der Waals surface area contributed by atoms with E-state index in [-0.39, 0.29) is 0 Å². The van der Waals surface area contributed by atoms with Gasteiger partial charge in [-0.25, -0.2) is 0 Å². The summed E-state index contributed by atoms with van der Waals surface area (Å²) in [7, 11) is 0. The van der Waals surface area contributed by atoms with Crippen LogP contribution in [-0.2, 0) is 6.54 Å². The molecule has 0 saturated carbocycles. The molecule has 0 bridgehead atoms. The molecule has 0 radical (unpaired) electrons. The van der Waals surface area contributed by atoms with Crippen LogP contribution in [0.5, 0.6) is 5.75 Å². The fourth-order valence-corrected chi connectivity index (χ4v) is 2.35. The van der Waals surface area contributed by atoms with Gasteiger partial charge in [0.15, 0.2) is 5.82 Å². The Balaban J connectivity index is 2.24. The third kappa shape index (κ3) is 1.51. The number of aromatic nitrogens is 3. The fraction of sp³-hybridized carbons (Fsp3) is 0.273. The van der Waals surface area contributed by atoms with E-state index >= 15 is 0 Å². The highest BCUT2D eigenvalue weighted by atomic mass is 79.9. The highest BCUT2D eigenvalue weighted by Gasteiger charge is 2.17. The van der Waals surface area contributed by atoms with Gasteiger partial charge in [-0.2, -0.15) is 0 Å². The first-order valence-electron chi connectivity index (χ1n) is 5.16. The van der Waals surface area contributed by atoms with Gasteiger partial charge in [-0.05, 0) is 34.5 Å². The normalized spacial score (nSPS) is 14.3. The quantitative estimate of drug-likeness (QED) is 0.744. The lowest BCUT2D eigenvalue weighted by atomic mass is 10.1. The second kappa shape index (κ2) is 3.90. The molecule has 2 heterocycles.